The molecule has 0 atom stereocenters. The van der Waals surface area contributed by atoms with Crippen LogP contribution in [-0.4, -0.2) is 0 Å². The molecule has 0 aliphatic rings. The highest BCUT2D eigenvalue weighted by atomic mass is 16.3. The molecule has 0 spiro atoms. The highest BCUT2D eigenvalue weighted by Gasteiger charge is 2.19. The van der Waals surface area contributed by atoms with Crippen LogP contribution in [0.5, 0.6) is 0 Å². The summed E-state index contributed by atoms with van der Waals surface area (Å²) in [6.45, 7) is 0. The summed E-state index contributed by atoms with van der Waals surface area (Å²) in [6.07, 6.45) is 0. The first-order valence-corrected chi connectivity index (χ1v) is 16.2. The molecule has 0 fully saturated rings. The zero-order valence-electron chi connectivity index (χ0n) is 25.6. The smallest absolute Gasteiger partial charge is 0.143 e. The maximum absolute atomic E-state index is 6.60. The molecular weight excluding hydrogens is 569 g/mol. The van der Waals surface area contributed by atoms with Gasteiger partial charge in [-0.05, 0) is 101 Å². The molecule has 0 N–H and O–H groups in total. The molecule has 0 amide bonds. The fourth-order valence-electron chi connectivity index (χ4n) is 7.70. The maximum atomic E-state index is 6.60. The fraction of sp³-hybridized carbons (Fsp3) is 0. The van der Waals surface area contributed by atoms with Crippen LogP contribution in [-0.2, 0) is 0 Å². The Balaban J connectivity index is 1.26. The van der Waals surface area contributed by atoms with Gasteiger partial charge in [0.2, 0.25) is 0 Å². The highest BCUT2D eigenvalue weighted by molar-refractivity contribution is 6.24. The molecule has 0 saturated carbocycles. The van der Waals surface area contributed by atoms with Gasteiger partial charge in [0, 0.05) is 16.2 Å². The molecule has 0 bridgehead atoms. The predicted molar refractivity (Wildman–Crippen MR) is 200 cm³/mol. The van der Waals surface area contributed by atoms with E-state index in [-0.39, 0.29) is 0 Å². The third-order valence-corrected chi connectivity index (χ3v) is 9.82. The number of benzene rings is 9. The van der Waals surface area contributed by atoms with Crippen molar-refractivity contribution in [3.05, 3.63) is 170 Å². The van der Waals surface area contributed by atoms with Crippen LogP contribution in [0.3, 0.4) is 0 Å². The molecule has 218 valence electrons. The van der Waals surface area contributed by atoms with Crippen molar-refractivity contribution in [2.24, 2.45) is 0 Å². The van der Waals surface area contributed by atoms with Gasteiger partial charge in [0.05, 0.1) is 0 Å². The monoisotopic (exact) mass is 596 g/mol. The minimum Gasteiger partial charge on any atom is -0.455 e. The van der Waals surface area contributed by atoms with Gasteiger partial charge in [-0.1, -0.05) is 140 Å². The van der Waals surface area contributed by atoms with E-state index in [4.69, 9.17) is 4.42 Å². The van der Waals surface area contributed by atoms with Crippen LogP contribution in [0.4, 0.5) is 0 Å². The number of fused-ring (bicyclic) bond motifs is 8. The first-order chi connectivity index (χ1) is 23.3. The van der Waals surface area contributed by atoms with Crippen LogP contribution in [0.2, 0.25) is 0 Å². The number of rotatable bonds is 3. The molecular formula is C46H28O. The van der Waals surface area contributed by atoms with Crippen molar-refractivity contribution in [1.29, 1.82) is 0 Å². The minimum atomic E-state index is 0.909. The zero-order chi connectivity index (χ0) is 30.9. The molecule has 1 heteroatoms. The van der Waals surface area contributed by atoms with Crippen molar-refractivity contribution in [2.45, 2.75) is 0 Å². The van der Waals surface area contributed by atoms with Crippen LogP contribution in [0, 0.1) is 0 Å². The first-order valence-electron chi connectivity index (χ1n) is 16.2. The summed E-state index contributed by atoms with van der Waals surface area (Å²) in [5.41, 5.74) is 9.19. The Morgan fingerprint density at radius 2 is 0.872 bits per heavy atom. The topological polar surface area (TPSA) is 13.1 Å². The lowest BCUT2D eigenvalue weighted by molar-refractivity contribution is 0.673. The van der Waals surface area contributed by atoms with Gasteiger partial charge in [-0.2, -0.15) is 0 Å². The Labute approximate surface area is 271 Å². The van der Waals surface area contributed by atoms with E-state index < -0.39 is 0 Å². The summed E-state index contributed by atoms with van der Waals surface area (Å²) in [5.74, 6) is 0. The maximum Gasteiger partial charge on any atom is 0.143 e. The van der Waals surface area contributed by atoms with E-state index in [2.05, 4.69) is 170 Å². The van der Waals surface area contributed by atoms with Crippen LogP contribution in [0.25, 0.3) is 98.4 Å². The van der Waals surface area contributed by atoms with Crippen LogP contribution >= 0.6 is 0 Å². The highest BCUT2D eigenvalue weighted by Crippen LogP contribution is 2.46. The molecule has 1 heterocycles. The van der Waals surface area contributed by atoms with E-state index in [0.29, 0.717) is 0 Å². The summed E-state index contributed by atoms with van der Waals surface area (Å²) in [4.78, 5) is 0. The van der Waals surface area contributed by atoms with Crippen molar-refractivity contribution >= 4 is 65.0 Å². The van der Waals surface area contributed by atoms with Crippen LogP contribution < -0.4 is 0 Å². The van der Waals surface area contributed by atoms with Crippen molar-refractivity contribution in [3.8, 4) is 33.4 Å². The predicted octanol–water partition coefficient (Wildman–Crippen LogP) is 13.2. The van der Waals surface area contributed by atoms with Gasteiger partial charge in [-0.25, -0.2) is 0 Å². The van der Waals surface area contributed by atoms with Crippen LogP contribution in [0.15, 0.2) is 174 Å². The standard InChI is InChI=1S/C46H28O/c1-2-13-30(14-3-1)44-37-18-8-10-20-39(37)45(40-21-11-9-19-38(40)44)42-27-33(26-32-15-5-6-16-34(32)42)31-23-24-36-41-25-22-29-12-4-7-17-35(29)46(41)47-43(36)28-31/h1-28H. The van der Waals surface area contributed by atoms with E-state index in [1.165, 1.54) is 65.5 Å². The lowest BCUT2D eigenvalue weighted by atomic mass is 9.84. The van der Waals surface area contributed by atoms with Crippen molar-refractivity contribution in [2.75, 3.05) is 0 Å². The third kappa shape index (κ3) is 3.97. The minimum absolute atomic E-state index is 0.909. The number of hydrogen-bond acceptors (Lipinski definition) is 1. The second kappa shape index (κ2) is 10.2. The van der Waals surface area contributed by atoms with E-state index in [0.717, 1.165) is 32.9 Å². The first kappa shape index (κ1) is 26.1. The molecule has 0 radical (unpaired) electrons. The number of hydrogen-bond donors (Lipinski definition) is 0. The zero-order valence-corrected chi connectivity index (χ0v) is 25.6. The van der Waals surface area contributed by atoms with Crippen molar-refractivity contribution in [3.63, 3.8) is 0 Å². The normalized spacial score (nSPS) is 11.8. The molecule has 1 nitrogen and oxygen atoms in total. The molecule has 0 unspecified atom stereocenters. The van der Waals surface area contributed by atoms with E-state index in [1.807, 2.05) is 0 Å². The lowest BCUT2D eigenvalue weighted by Gasteiger charge is -2.19. The van der Waals surface area contributed by atoms with E-state index >= 15 is 0 Å². The second-order valence-electron chi connectivity index (χ2n) is 12.4. The summed E-state index contributed by atoms with van der Waals surface area (Å²) in [7, 11) is 0. The Bertz CT molecular complexity index is 2780. The fourth-order valence-corrected chi connectivity index (χ4v) is 7.70. The second-order valence-corrected chi connectivity index (χ2v) is 12.4. The molecule has 9 aromatic carbocycles. The van der Waals surface area contributed by atoms with Gasteiger partial charge in [0.1, 0.15) is 11.2 Å². The molecule has 47 heavy (non-hydrogen) atoms. The molecule has 0 aliphatic carbocycles. The number of furan rings is 1. The van der Waals surface area contributed by atoms with Gasteiger partial charge < -0.3 is 4.42 Å². The van der Waals surface area contributed by atoms with Crippen molar-refractivity contribution < 1.29 is 4.42 Å². The SMILES string of the molecule is c1ccc(-c2c3ccccc3c(-c3cc(-c4ccc5c(c4)oc4c6ccccc6ccc54)cc4ccccc34)c3ccccc23)cc1. The average Bonchev–Trinajstić information content (AvgIpc) is 3.52. The Kier molecular flexibility index (Phi) is 5.64. The Morgan fingerprint density at radius 1 is 0.298 bits per heavy atom. The molecule has 1 aromatic heterocycles. The lowest BCUT2D eigenvalue weighted by Crippen LogP contribution is -1.92. The largest absolute Gasteiger partial charge is 0.455 e. The quantitative estimate of drug-likeness (QED) is 0.185. The van der Waals surface area contributed by atoms with E-state index in [9.17, 15) is 0 Å². The molecule has 10 rings (SSSR count). The van der Waals surface area contributed by atoms with Crippen molar-refractivity contribution in [1.82, 2.24) is 0 Å². The van der Waals surface area contributed by atoms with Gasteiger partial charge in [0.25, 0.3) is 0 Å². The summed E-state index contributed by atoms with van der Waals surface area (Å²) in [6, 6.07) is 61.6. The van der Waals surface area contributed by atoms with Gasteiger partial charge in [-0.3, -0.25) is 0 Å². The average molecular weight is 597 g/mol. The molecule has 0 aliphatic heterocycles. The van der Waals surface area contributed by atoms with E-state index in [1.54, 1.807) is 0 Å². The Morgan fingerprint density at radius 3 is 1.60 bits per heavy atom. The molecule has 10 aromatic rings. The van der Waals surface area contributed by atoms with Gasteiger partial charge >= 0.3 is 0 Å². The summed E-state index contributed by atoms with van der Waals surface area (Å²) >= 11 is 0. The van der Waals surface area contributed by atoms with Gasteiger partial charge in [-0.15, -0.1) is 0 Å². The molecule has 0 saturated heterocycles. The Hall–Kier alpha value is -6.18. The van der Waals surface area contributed by atoms with Crippen LogP contribution in [0.1, 0.15) is 0 Å². The summed E-state index contributed by atoms with van der Waals surface area (Å²) < 4.78 is 6.60. The third-order valence-electron chi connectivity index (χ3n) is 9.82. The van der Waals surface area contributed by atoms with Gasteiger partial charge in [0.15, 0.2) is 0 Å². The summed E-state index contributed by atoms with van der Waals surface area (Å²) in [5, 5.41) is 12.1.